The van der Waals surface area contributed by atoms with E-state index in [0.717, 1.165) is 18.1 Å². The van der Waals surface area contributed by atoms with Gasteiger partial charge >= 0.3 is 0 Å². The van der Waals surface area contributed by atoms with E-state index in [1.165, 1.54) is 71.5 Å². The maximum Gasteiger partial charge on any atom is 0.240 e. The predicted molar refractivity (Wildman–Crippen MR) is 122 cm³/mol. The smallest absolute Gasteiger partial charge is 0.240 e. The van der Waals surface area contributed by atoms with E-state index in [4.69, 9.17) is 0 Å². The first-order valence-electron chi connectivity index (χ1n) is 11.2. The van der Waals surface area contributed by atoms with Gasteiger partial charge in [-0.1, -0.05) is 37.8 Å². The van der Waals surface area contributed by atoms with Crippen molar-refractivity contribution in [3.63, 3.8) is 0 Å². The SMILES string of the molecule is CN=C(NCc1cccc(S(=O)(=O)NC)c1)NCC1(N2CCCCC2)CCCCC1. The highest BCUT2D eigenvalue weighted by Crippen LogP contribution is 2.35. The molecule has 1 saturated heterocycles. The number of nitrogens with one attached hydrogen (secondary N) is 3. The number of likely N-dealkylation sites (tertiary alicyclic amines) is 1. The van der Waals surface area contributed by atoms with E-state index in [2.05, 4.69) is 25.2 Å². The van der Waals surface area contributed by atoms with Crippen molar-refractivity contribution in [3.05, 3.63) is 29.8 Å². The number of sulfonamides is 1. The van der Waals surface area contributed by atoms with Crippen LogP contribution in [-0.2, 0) is 16.6 Å². The van der Waals surface area contributed by atoms with Crippen LogP contribution in [0.25, 0.3) is 0 Å². The Hall–Kier alpha value is -1.64. The summed E-state index contributed by atoms with van der Waals surface area (Å²) < 4.78 is 26.4. The second-order valence-corrected chi connectivity index (χ2v) is 10.4. The Morgan fingerprint density at radius 1 is 1.07 bits per heavy atom. The number of aliphatic imine (C=N–C) groups is 1. The van der Waals surface area contributed by atoms with Gasteiger partial charge in [-0.05, 0) is 63.5 Å². The minimum atomic E-state index is -3.44. The first kappa shape index (κ1) is 23.0. The van der Waals surface area contributed by atoms with Crippen LogP contribution >= 0.6 is 0 Å². The van der Waals surface area contributed by atoms with Gasteiger partial charge in [0.1, 0.15) is 0 Å². The van der Waals surface area contributed by atoms with Crippen molar-refractivity contribution in [2.24, 2.45) is 4.99 Å². The maximum absolute atomic E-state index is 12.0. The van der Waals surface area contributed by atoms with Gasteiger partial charge in [-0.3, -0.25) is 9.89 Å². The van der Waals surface area contributed by atoms with Crippen LogP contribution in [0.5, 0.6) is 0 Å². The Labute approximate surface area is 181 Å². The van der Waals surface area contributed by atoms with Crippen molar-refractivity contribution >= 4 is 16.0 Å². The fourth-order valence-electron chi connectivity index (χ4n) is 4.78. The van der Waals surface area contributed by atoms with E-state index in [9.17, 15) is 8.42 Å². The fraction of sp³-hybridized carbons (Fsp3) is 0.682. The molecule has 1 aromatic carbocycles. The molecule has 2 aliphatic rings. The monoisotopic (exact) mass is 435 g/mol. The Bertz CT molecular complexity index is 813. The third-order valence-corrected chi connectivity index (χ3v) is 7.97. The van der Waals surface area contributed by atoms with Crippen LogP contribution in [0.15, 0.2) is 34.2 Å². The number of nitrogens with zero attached hydrogens (tertiary/aromatic N) is 2. The molecule has 0 radical (unpaired) electrons. The number of rotatable bonds is 7. The van der Waals surface area contributed by atoms with Gasteiger partial charge in [0, 0.05) is 25.7 Å². The summed E-state index contributed by atoms with van der Waals surface area (Å²) in [5.74, 6) is 0.763. The lowest BCUT2D eigenvalue weighted by Gasteiger charge is -2.48. The molecule has 0 unspecified atom stereocenters. The molecule has 7 nitrogen and oxygen atoms in total. The number of piperidine rings is 1. The van der Waals surface area contributed by atoms with Crippen molar-refractivity contribution in [1.82, 2.24) is 20.3 Å². The summed E-state index contributed by atoms with van der Waals surface area (Å²) in [6.45, 7) is 3.84. The van der Waals surface area contributed by atoms with E-state index < -0.39 is 10.0 Å². The molecule has 168 valence electrons. The molecule has 0 amide bonds. The first-order valence-corrected chi connectivity index (χ1v) is 12.7. The second kappa shape index (κ2) is 10.6. The largest absolute Gasteiger partial charge is 0.355 e. The highest BCUT2D eigenvalue weighted by molar-refractivity contribution is 7.89. The Balaban J connectivity index is 1.60. The summed E-state index contributed by atoms with van der Waals surface area (Å²) in [5, 5.41) is 6.92. The van der Waals surface area contributed by atoms with Gasteiger partial charge in [0.05, 0.1) is 4.90 Å². The molecule has 2 fully saturated rings. The zero-order valence-corrected chi connectivity index (χ0v) is 19.2. The fourth-order valence-corrected chi connectivity index (χ4v) is 5.58. The lowest BCUT2D eigenvalue weighted by Crippen LogP contribution is -2.59. The van der Waals surface area contributed by atoms with E-state index in [1.54, 1.807) is 25.2 Å². The molecule has 3 rings (SSSR count). The molecule has 1 aliphatic carbocycles. The average molecular weight is 436 g/mol. The van der Waals surface area contributed by atoms with Crippen LogP contribution in [0.1, 0.15) is 56.9 Å². The zero-order chi connectivity index (χ0) is 21.5. The van der Waals surface area contributed by atoms with Gasteiger partial charge in [0.15, 0.2) is 5.96 Å². The third-order valence-electron chi connectivity index (χ3n) is 6.56. The predicted octanol–water partition coefficient (Wildman–Crippen LogP) is 2.45. The Kier molecular flexibility index (Phi) is 8.13. The standard InChI is InChI=1S/C22H37N5O2S/c1-23-21(25-17-19-10-9-11-20(16-19)30(28,29)24-2)26-18-22(12-5-3-6-13-22)27-14-7-4-8-15-27/h9-11,16,24H,3-8,12-15,17-18H2,1-2H3,(H2,23,25,26). The van der Waals surface area contributed by atoms with Gasteiger partial charge in [-0.25, -0.2) is 13.1 Å². The van der Waals surface area contributed by atoms with Crippen LogP contribution in [0.4, 0.5) is 0 Å². The minimum absolute atomic E-state index is 0.233. The molecule has 8 heteroatoms. The molecule has 0 spiro atoms. The summed E-state index contributed by atoms with van der Waals surface area (Å²) >= 11 is 0. The van der Waals surface area contributed by atoms with E-state index >= 15 is 0 Å². The molecule has 1 aromatic rings. The van der Waals surface area contributed by atoms with Crippen molar-refractivity contribution in [2.45, 2.75) is 68.3 Å². The molecule has 0 atom stereocenters. The topological polar surface area (TPSA) is 85.8 Å². The van der Waals surface area contributed by atoms with Crippen LogP contribution in [0, 0.1) is 0 Å². The molecule has 30 heavy (non-hydrogen) atoms. The summed E-state index contributed by atoms with van der Waals surface area (Å²) in [5.41, 5.74) is 1.13. The van der Waals surface area contributed by atoms with Gasteiger partial charge in [-0.2, -0.15) is 0 Å². The van der Waals surface area contributed by atoms with Crippen molar-refractivity contribution in [2.75, 3.05) is 33.7 Å². The van der Waals surface area contributed by atoms with Gasteiger partial charge in [-0.15, -0.1) is 0 Å². The van der Waals surface area contributed by atoms with Gasteiger partial charge in [0.2, 0.25) is 10.0 Å². The summed E-state index contributed by atoms with van der Waals surface area (Å²) in [7, 11) is -0.230. The lowest BCUT2D eigenvalue weighted by atomic mass is 9.79. The Morgan fingerprint density at radius 2 is 1.77 bits per heavy atom. The highest BCUT2D eigenvalue weighted by Gasteiger charge is 2.38. The Morgan fingerprint density at radius 3 is 2.43 bits per heavy atom. The molecule has 1 heterocycles. The third kappa shape index (κ3) is 5.74. The highest BCUT2D eigenvalue weighted by atomic mass is 32.2. The summed E-state index contributed by atoms with van der Waals surface area (Å²) in [6.07, 6.45) is 10.4. The number of hydrogen-bond acceptors (Lipinski definition) is 4. The van der Waals surface area contributed by atoms with Gasteiger partial charge in [0.25, 0.3) is 0 Å². The van der Waals surface area contributed by atoms with Crippen LogP contribution in [-0.4, -0.2) is 58.5 Å². The number of guanidine groups is 1. The molecule has 1 saturated carbocycles. The molecule has 0 aromatic heterocycles. The normalized spacial score (nSPS) is 20.7. The quantitative estimate of drug-likeness (QED) is 0.452. The molecular formula is C22H37N5O2S. The lowest BCUT2D eigenvalue weighted by molar-refractivity contribution is 0.0368. The maximum atomic E-state index is 12.0. The zero-order valence-electron chi connectivity index (χ0n) is 18.4. The van der Waals surface area contributed by atoms with E-state index in [0.29, 0.717) is 6.54 Å². The first-order chi connectivity index (χ1) is 14.5. The van der Waals surface area contributed by atoms with Crippen LogP contribution < -0.4 is 15.4 Å². The van der Waals surface area contributed by atoms with E-state index in [-0.39, 0.29) is 10.4 Å². The van der Waals surface area contributed by atoms with Crippen molar-refractivity contribution in [1.29, 1.82) is 0 Å². The molecule has 3 N–H and O–H groups in total. The van der Waals surface area contributed by atoms with Crippen molar-refractivity contribution in [3.8, 4) is 0 Å². The molecule has 1 aliphatic heterocycles. The second-order valence-electron chi connectivity index (χ2n) is 8.47. The summed E-state index contributed by atoms with van der Waals surface area (Å²) in [4.78, 5) is 7.40. The van der Waals surface area contributed by atoms with Gasteiger partial charge < -0.3 is 10.6 Å². The molecular weight excluding hydrogens is 398 g/mol. The average Bonchev–Trinajstić information content (AvgIpc) is 2.80. The molecule has 0 bridgehead atoms. The van der Waals surface area contributed by atoms with Crippen LogP contribution in [0.3, 0.4) is 0 Å². The van der Waals surface area contributed by atoms with Crippen molar-refractivity contribution < 1.29 is 8.42 Å². The number of benzene rings is 1. The van der Waals surface area contributed by atoms with E-state index in [1.807, 2.05) is 6.07 Å². The minimum Gasteiger partial charge on any atom is -0.355 e. The summed E-state index contributed by atoms with van der Waals surface area (Å²) in [6, 6.07) is 6.99. The van der Waals surface area contributed by atoms with Crippen LogP contribution in [0.2, 0.25) is 0 Å². The number of hydrogen-bond donors (Lipinski definition) is 3.